The van der Waals surface area contributed by atoms with Gasteiger partial charge in [-0.1, -0.05) is 19.3 Å². The molecule has 5 nitrogen and oxygen atoms in total. The Morgan fingerprint density at radius 2 is 1.66 bits per heavy atom. The summed E-state index contributed by atoms with van der Waals surface area (Å²) in [5.41, 5.74) is 0. The largest absolute Gasteiger partial charge is 0.357 e. The molecule has 0 spiro atoms. The molecule has 6 heteroatoms. The Morgan fingerprint density at radius 1 is 0.897 bits per heavy atom. The van der Waals surface area contributed by atoms with Crippen molar-refractivity contribution in [2.45, 2.75) is 95.7 Å². The Kier molecular flexibility index (Phi) is 9.83. The number of hydrogen-bond acceptors (Lipinski definition) is 3. The van der Waals surface area contributed by atoms with Crippen molar-refractivity contribution in [3.05, 3.63) is 0 Å². The Balaban J connectivity index is 0.00000240. The molecule has 168 valence electrons. The van der Waals surface area contributed by atoms with Crippen LogP contribution in [0.2, 0.25) is 0 Å². The van der Waals surface area contributed by atoms with Crippen molar-refractivity contribution in [1.29, 1.82) is 0 Å². The minimum Gasteiger partial charge on any atom is -0.357 e. The predicted molar refractivity (Wildman–Crippen MR) is 133 cm³/mol. The van der Waals surface area contributed by atoms with Crippen LogP contribution < -0.4 is 10.6 Å². The molecular formula is C23H44IN5. The lowest BCUT2D eigenvalue weighted by Gasteiger charge is -2.33. The van der Waals surface area contributed by atoms with Crippen LogP contribution in [-0.2, 0) is 0 Å². The number of halogens is 1. The van der Waals surface area contributed by atoms with Gasteiger partial charge in [-0.15, -0.1) is 24.0 Å². The summed E-state index contributed by atoms with van der Waals surface area (Å²) in [5, 5.41) is 7.25. The second-order valence-corrected chi connectivity index (χ2v) is 9.70. The number of nitrogens with zero attached hydrogens (tertiary/aromatic N) is 3. The van der Waals surface area contributed by atoms with Crippen LogP contribution in [-0.4, -0.2) is 73.2 Å². The average molecular weight is 518 g/mol. The molecule has 0 aromatic carbocycles. The second-order valence-electron chi connectivity index (χ2n) is 9.70. The van der Waals surface area contributed by atoms with E-state index in [1.54, 1.807) is 0 Å². The minimum atomic E-state index is 0. The maximum absolute atomic E-state index is 5.04. The van der Waals surface area contributed by atoms with Crippen LogP contribution in [0.5, 0.6) is 0 Å². The number of likely N-dealkylation sites (tertiary alicyclic amines) is 2. The van der Waals surface area contributed by atoms with Gasteiger partial charge < -0.3 is 15.5 Å². The zero-order chi connectivity index (χ0) is 19.2. The van der Waals surface area contributed by atoms with Crippen molar-refractivity contribution >= 4 is 29.9 Å². The first-order valence-corrected chi connectivity index (χ1v) is 12.3. The van der Waals surface area contributed by atoms with Crippen molar-refractivity contribution < 1.29 is 0 Å². The summed E-state index contributed by atoms with van der Waals surface area (Å²) in [7, 11) is 0. The van der Waals surface area contributed by atoms with E-state index in [1.165, 1.54) is 96.8 Å². The average Bonchev–Trinajstić information content (AvgIpc) is 3.48. The molecule has 29 heavy (non-hydrogen) atoms. The van der Waals surface area contributed by atoms with Gasteiger partial charge in [0, 0.05) is 44.3 Å². The van der Waals surface area contributed by atoms with Gasteiger partial charge >= 0.3 is 0 Å². The Morgan fingerprint density at radius 3 is 2.34 bits per heavy atom. The lowest BCUT2D eigenvalue weighted by molar-refractivity contribution is 0.190. The fourth-order valence-corrected chi connectivity index (χ4v) is 5.60. The highest BCUT2D eigenvalue weighted by Gasteiger charge is 2.32. The third-order valence-electron chi connectivity index (χ3n) is 7.45. The maximum atomic E-state index is 5.04. The first kappa shape index (κ1) is 23.6. The van der Waals surface area contributed by atoms with E-state index in [0.29, 0.717) is 12.1 Å². The summed E-state index contributed by atoms with van der Waals surface area (Å²) >= 11 is 0. The maximum Gasteiger partial charge on any atom is 0.191 e. The van der Waals surface area contributed by atoms with Gasteiger partial charge in [-0.25, -0.2) is 0 Å². The van der Waals surface area contributed by atoms with E-state index in [2.05, 4.69) is 27.4 Å². The number of piperidine rings is 1. The van der Waals surface area contributed by atoms with E-state index < -0.39 is 0 Å². The summed E-state index contributed by atoms with van der Waals surface area (Å²) in [6, 6.07) is 2.17. The Labute approximate surface area is 195 Å². The van der Waals surface area contributed by atoms with Crippen LogP contribution in [0.15, 0.2) is 4.99 Å². The van der Waals surface area contributed by atoms with Crippen LogP contribution in [0.3, 0.4) is 0 Å². The van der Waals surface area contributed by atoms with Gasteiger partial charge in [0.15, 0.2) is 5.96 Å². The summed E-state index contributed by atoms with van der Waals surface area (Å²) in [6.07, 6.45) is 15.4. The molecule has 0 aromatic rings. The highest BCUT2D eigenvalue weighted by molar-refractivity contribution is 14.0. The highest BCUT2D eigenvalue weighted by Crippen LogP contribution is 2.29. The molecule has 0 bridgehead atoms. The van der Waals surface area contributed by atoms with E-state index in [0.717, 1.165) is 31.0 Å². The zero-order valence-corrected chi connectivity index (χ0v) is 20.9. The monoisotopic (exact) mass is 517 g/mol. The first-order valence-electron chi connectivity index (χ1n) is 12.3. The van der Waals surface area contributed by atoms with Gasteiger partial charge in [0.2, 0.25) is 0 Å². The molecule has 2 heterocycles. The SMILES string of the molecule is CCNC(=NCC1CCCN1CC1CCCCC1)NC1CCN(C2CC2)CC1.I. The van der Waals surface area contributed by atoms with Gasteiger partial charge in [0.25, 0.3) is 0 Å². The summed E-state index contributed by atoms with van der Waals surface area (Å²) < 4.78 is 0. The van der Waals surface area contributed by atoms with Crippen LogP contribution in [0.25, 0.3) is 0 Å². The highest BCUT2D eigenvalue weighted by atomic mass is 127. The molecule has 0 amide bonds. The number of hydrogen-bond donors (Lipinski definition) is 2. The molecule has 2 N–H and O–H groups in total. The molecule has 0 radical (unpaired) electrons. The van der Waals surface area contributed by atoms with Crippen molar-refractivity contribution in [3.63, 3.8) is 0 Å². The fraction of sp³-hybridized carbons (Fsp3) is 0.957. The standard InChI is InChI=1S/C23H43N5.HI/c1-2-24-23(26-20-12-15-27(16-13-20)21-10-11-21)25-17-22-9-6-14-28(22)18-19-7-4-3-5-8-19;/h19-22H,2-18H2,1H3,(H2,24,25,26);1H. The van der Waals surface area contributed by atoms with E-state index in [4.69, 9.17) is 4.99 Å². The number of nitrogens with one attached hydrogen (secondary N) is 2. The smallest absolute Gasteiger partial charge is 0.191 e. The lowest BCUT2D eigenvalue weighted by Crippen LogP contribution is -2.49. The van der Waals surface area contributed by atoms with Gasteiger partial charge in [-0.05, 0) is 70.8 Å². The van der Waals surface area contributed by atoms with Crippen LogP contribution >= 0.6 is 24.0 Å². The molecule has 2 saturated heterocycles. The first-order chi connectivity index (χ1) is 13.8. The molecule has 2 aliphatic carbocycles. The Hall–Kier alpha value is -0.0800. The molecule has 4 fully saturated rings. The van der Waals surface area contributed by atoms with Gasteiger partial charge in [0.1, 0.15) is 0 Å². The summed E-state index contributed by atoms with van der Waals surface area (Å²) in [5.74, 6) is 2.00. The molecule has 4 rings (SSSR count). The van der Waals surface area contributed by atoms with Crippen LogP contribution in [0, 0.1) is 5.92 Å². The van der Waals surface area contributed by atoms with E-state index in [1.807, 2.05) is 0 Å². The molecule has 1 atom stereocenters. The molecule has 2 saturated carbocycles. The van der Waals surface area contributed by atoms with Gasteiger partial charge in [-0.2, -0.15) is 0 Å². The molecular weight excluding hydrogens is 473 g/mol. The van der Waals surface area contributed by atoms with Crippen molar-refractivity contribution in [2.24, 2.45) is 10.9 Å². The zero-order valence-electron chi connectivity index (χ0n) is 18.6. The molecule has 2 aliphatic heterocycles. The van der Waals surface area contributed by atoms with Crippen molar-refractivity contribution in [1.82, 2.24) is 20.4 Å². The fourth-order valence-electron chi connectivity index (χ4n) is 5.60. The van der Waals surface area contributed by atoms with Crippen LogP contribution in [0.1, 0.15) is 77.6 Å². The molecule has 0 aromatic heterocycles. The number of guanidine groups is 1. The van der Waals surface area contributed by atoms with Gasteiger partial charge in [0.05, 0.1) is 6.54 Å². The van der Waals surface area contributed by atoms with E-state index in [-0.39, 0.29) is 24.0 Å². The van der Waals surface area contributed by atoms with E-state index >= 15 is 0 Å². The second kappa shape index (κ2) is 12.1. The quantitative estimate of drug-likeness (QED) is 0.306. The number of aliphatic imine (C=N–C) groups is 1. The molecule has 4 aliphatic rings. The van der Waals surface area contributed by atoms with Crippen molar-refractivity contribution in [3.8, 4) is 0 Å². The van der Waals surface area contributed by atoms with Crippen molar-refractivity contribution in [2.75, 3.05) is 39.3 Å². The third-order valence-corrected chi connectivity index (χ3v) is 7.45. The van der Waals surface area contributed by atoms with Crippen LogP contribution in [0.4, 0.5) is 0 Å². The third kappa shape index (κ3) is 7.23. The lowest BCUT2D eigenvalue weighted by atomic mass is 9.89. The minimum absolute atomic E-state index is 0. The van der Waals surface area contributed by atoms with Gasteiger partial charge in [-0.3, -0.25) is 9.89 Å². The summed E-state index contributed by atoms with van der Waals surface area (Å²) in [4.78, 5) is 10.5. The van der Waals surface area contributed by atoms with E-state index in [9.17, 15) is 0 Å². The Bertz CT molecular complexity index is 495. The summed E-state index contributed by atoms with van der Waals surface area (Å²) in [6.45, 7) is 9.23. The topological polar surface area (TPSA) is 42.9 Å². The number of rotatable bonds is 7. The molecule has 1 unspecified atom stereocenters. The predicted octanol–water partition coefficient (Wildman–Crippen LogP) is 3.83. The normalized spacial score (nSPS) is 28.3.